The predicted octanol–water partition coefficient (Wildman–Crippen LogP) is 4.58. The summed E-state index contributed by atoms with van der Waals surface area (Å²) in [6, 6.07) is 28.0. The first-order chi connectivity index (χ1) is 16.7. The Morgan fingerprint density at radius 3 is 1.74 bits per heavy atom. The van der Waals surface area contributed by atoms with Gasteiger partial charge < -0.3 is 24.8 Å². The lowest BCUT2D eigenvalue weighted by Gasteiger charge is -2.01. The number of rotatable bonds is 6. The van der Waals surface area contributed by atoms with Crippen LogP contribution in [-0.2, 0) is 16.0 Å². The second kappa shape index (κ2) is 16.4. The van der Waals surface area contributed by atoms with Crippen LogP contribution in [0.15, 0.2) is 84.9 Å². The zero-order valence-electron chi connectivity index (χ0n) is 19.6. The van der Waals surface area contributed by atoms with Gasteiger partial charge in [0.1, 0.15) is 25.1 Å². The lowest BCUT2D eigenvalue weighted by Crippen LogP contribution is -2.01. The molecule has 0 atom stereocenters. The molecule has 34 heavy (non-hydrogen) atoms. The highest BCUT2D eigenvalue weighted by atomic mass is 16.5. The van der Waals surface area contributed by atoms with Gasteiger partial charge >= 0.3 is 0 Å². The van der Waals surface area contributed by atoms with Gasteiger partial charge in [-0.3, -0.25) is 5.10 Å². The molecule has 0 saturated carbocycles. The van der Waals surface area contributed by atoms with Crippen LogP contribution in [0.4, 0.5) is 0 Å². The van der Waals surface area contributed by atoms with Crippen molar-refractivity contribution >= 4 is 13.6 Å². The normalized spacial score (nSPS) is 9.15. The standard InChI is InChI=1S/C17H16N2O2.C8H11N.2CH2O/c1-20-14-7-3-12(4-8-14)16-11-17(19-18-16)13-5-9-15(21-2)10-6-13;9-7-6-8-4-2-1-3-5-8;2*1-2/h3-11H,1-2H3,(H,18,19);1-5H,6-7,9H2;2*1H2. The first-order valence-electron chi connectivity index (χ1n) is 10.4. The van der Waals surface area contributed by atoms with Crippen LogP contribution >= 0.6 is 0 Å². The number of carbonyl (C=O) groups is 2. The molecular formula is C27H31N3O4. The zero-order chi connectivity index (χ0) is 25.2. The SMILES string of the molecule is C=O.C=O.COc1ccc(-c2cc(-c3ccc(OC)cc3)[nH]n2)cc1.NCCc1ccccc1. The predicted molar refractivity (Wildman–Crippen MR) is 136 cm³/mol. The van der Waals surface area contributed by atoms with E-state index in [0.29, 0.717) is 0 Å². The van der Waals surface area contributed by atoms with Gasteiger partial charge in [0, 0.05) is 5.56 Å². The Kier molecular flexibility index (Phi) is 13.4. The van der Waals surface area contributed by atoms with Gasteiger partial charge in [0.15, 0.2) is 0 Å². The average molecular weight is 462 g/mol. The third kappa shape index (κ3) is 8.72. The van der Waals surface area contributed by atoms with Crippen LogP contribution in [0, 0.1) is 0 Å². The highest BCUT2D eigenvalue weighted by molar-refractivity contribution is 5.68. The van der Waals surface area contributed by atoms with Crippen LogP contribution in [0.2, 0.25) is 0 Å². The molecule has 0 amide bonds. The summed E-state index contributed by atoms with van der Waals surface area (Å²) in [5, 5.41) is 7.43. The lowest BCUT2D eigenvalue weighted by molar-refractivity contribution is -0.0987. The molecule has 4 aromatic rings. The third-order valence-corrected chi connectivity index (χ3v) is 4.64. The first-order valence-corrected chi connectivity index (χ1v) is 10.4. The smallest absolute Gasteiger partial charge is 0.118 e. The molecular weight excluding hydrogens is 430 g/mol. The number of nitrogens with one attached hydrogen (secondary N) is 1. The highest BCUT2D eigenvalue weighted by Gasteiger charge is 2.06. The molecule has 0 bridgehead atoms. The molecule has 0 saturated heterocycles. The Balaban J connectivity index is 0.000000373. The second-order valence-electron chi connectivity index (χ2n) is 6.65. The third-order valence-electron chi connectivity index (χ3n) is 4.64. The Bertz CT molecular complexity index is 985. The number of H-pyrrole nitrogens is 1. The number of hydrogen-bond acceptors (Lipinski definition) is 6. The minimum absolute atomic E-state index is 0.740. The fourth-order valence-electron chi connectivity index (χ4n) is 2.96. The summed E-state index contributed by atoms with van der Waals surface area (Å²) in [6.07, 6.45) is 0.987. The van der Waals surface area contributed by atoms with E-state index in [1.54, 1.807) is 14.2 Å². The van der Waals surface area contributed by atoms with Crippen molar-refractivity contribution in [3.8, 4) is 34.0 Å². The van der Waals surface area contributed by atoms with Crippen LogP contribution in [0.3, 0.4) is 0 Å². The Morgan fingerprint density at radius 1 is 0.765 bits per heavy atom. The van der Waals surface area contributed by atoms with Crippen molar-refractivity contribution in [2.75, 3.05) is 20.8 Å². The van der Waals surface area contributed by atoms with E-state index in [1.165, 1.54) is 5.56 Å². The minimum atomic E-state index is 0.740. The molecule has 178 valence electrons. The van der Waals surface area contributed by atoms with E-state index in [1.807, 2.05) is 86.4 Å². The number of ether oxygens (including phenoxy) is 2. The van der Waals surface area contributed by atoms with Gasteiger partial charge in [-0.15, -0.1) is 0 Å². The topological polar surface area (TPSA) is 107 Å². The van der Waals surface area contributed by atoms with Crippen LogP contribution in [0.25, 0.3) is 22.5 Å². The average Bonchev–Trinajstić information content (AvgIpc) is 3.43. The summed E-state index contributed by atoms with van der Waals surface area (Å²) < 4.78 is 10.3. The Labute approximate surface area is 200 Å². The quantitative estimate of drug-likeness (QED) is 0.435. The van der Waals surface area contributed by atoms with Crippen molar-refractivity contribution in [1.82, 2.24) is 10.2 Å². The Morgan fingerprint density at radius 2 is 1.26 bits per heavy atom. The van der Waals surface area contributed by atoms with Gasteiger partial charge in [-0.2, -0.15) is 5.10 Å². The molecule has 0 fully saturated rings. The molecule has 0 aliphatic rings. The number of benzene rings is 3. The van der Waals surface area contributed by atoms with E-state index in [4.69, 9.17) is 24.8 Å². The molecule has 1 aromatic heterocycles. The summed E-state index contributed by atoms with van der Waals surface area (Å²) in [5.41, 5.74) is 10.7. The number of carbonyl (C=O) groups excluding carboxylic acids is 2. The maximum atomic E-state index is 8.00. The molecule has 0 radical (unpaired) electrons. The van der Waals surface area contributed by atoms with Crippen molar-refractivity contribution in [2.24, 2.45) is 5.73 Å². The number of nitrogens with two attached hydrogens (primary N) is 1. The van der Waals surface area contributed by atoms with Crippen molar-refractivity contribution in [3.05, 3.63) is 90.5 Å². The molecule has 0 spiro atoms. The van der Waals surface area contributed by atoms with Crippen LogP contribution in [-0.4, -0.2) is 44.5 Å². The summed E-state index contributed by atoms with van der Waals surface area (Å²) in [7, 11) is 3.32. The van der Waals surface area contributed by atoms with Gasteiger partial charge in [-0.1, -0.05) is 30.3 Å². The van der Waals surface area contributed by atoms with E-state index in [-0.39, 0.29) is 0 Å². The van der Waals surface area contributed by atoms with Gasteiger partial charge in [-0.05, 0) is 78.7 Å². The van der Waals surface area contributed by atoms with E-state index in [9.17, 15) is 0 Å². The number of aromatic amines is 1. The van der Waals surface area contributed by atoms with Crippen LogP contribution < -0.4 is 15.2 Å². The van der Waals surface area contributed by atoms with Gasteiger partial charge in [0.25, 0.3) is 0 Å². The van der Waals surface area contributed by atoms with Gasteiger partial charge in [0.05, 0.1) is 25.6 Å². The second-order valence-corrected chi connectivity index (χ2v) is 6.65. The van der Waals surface area contributed by atoms with E-state index >= 15 is 0 Å². The van der Waals surface area contributed by atoms with Crippen molar-refractivity contribution in [1.29, 1.82) is 0 Å². The molecule has 7 heteroatoms. The number of aromatic nitrogens is 2. The highest BCUT2D eigenvalue weighted by Crippen LogP contribution is 2.26. The summed E-state index contributed by atoms with van der Waals surface area (Å²) in [6.45, 7) is 4.74. The maximum absolute atomic E-state index is 8.00. The van der Waals surface area contributed by atoms with E-state index in [0.717, 1.165) is 47.0 Å². The fourth-order valence-corrected chi connectivity index (χ4v) is 2.96. The number of methoxy groups -OCH3 is 2. The monoisotopic (exact) mass is 461 g/mol. The first kappa shape index (κ1) is 27.8. The Hall–Kier alpha value is -4.23. The van der Waals surface area contributed by atoms with Crippen LogP contribution in [0.5, 0.6) is 11.5 Å². The van der Waals surface area contributed by atoms with Gasteiger partial charge in [-0.25, -0.2) is 0 Å². The summed E-state index contributed by atoms with van der Waals surface area (Å²) in [4.78, 5) is 16.0. The van der Waals surface area contributed by atoms with E-state index in [2.05, 4.69) is 22.3 Å². The van der Waals surface area contributed by atoms with Crippen molar-refractivity contribution in [3.63, 3.8) is 0 Å². The summed E-state index contributed by atoms with van der Waals surface area (Å²) >= 11 is 0. The molecule has 1 heterocycles. The van der Waals surface area contributed by atoms with Crippen molar-refractivity contribution < 1.29 is 19.1 Å². The zero-order valence-corrected chi connectivity index (χ0v) is 19.6. The molecule has 3 N–H and O–H groups in total. The van der Waals surface area contributed by atoms with Gasteiger partial charge in [0.2, 0.25) is 0 Å². The molecule has 0 unspecified atom stereocenters. The van der Waals surface area contributed by atoms with Crippen molar-refractivity contribution in [2.45, 2.75) is 6.42 Å². The molecule has 7 nitrogen and oxygen atoms in total. The minimum Gasteiger partial charge on any atom is -0.497 e. The molecule has 0 aliphatic heterocycles. The lowest BCUT2D eigenvalue weighted by atomic mass is 10.1. The van der Waals surface area contributed by atoms with Crippen LogP contribution in [0.1, 0.15) is 5.56 Å². The summed E-state index contributed by atoms with van der Waals surface area (Å²) in [5.74, 6) is 1.68. The van der Waals surface area contributed by atoms with E-state index < -0.39 is 0 Å². The number of nitrogens with zero attached hydrogens (tertiary/aromatic N) is 1. The molecule has 0 aliphatic carbocycles. The molecule has 3 aromatic carbocycles. The fraction of sp³-hybridized carbons (Fsp3) is 0.148. The number of hydrogen-bond donors (Lipinski definition) is 2. The maximum Gasteiger partial charge on any atom is 0.118 e. The molecule has 4 rings (SSSR count). The largest absolute Gasteiger partial charge is 0.497 e.